The zero-order valence-corrected chi connectivity index (χ0v) is 22.9. The molecule has 3 aromatic heterocycles. The van der Waals surface area contributed by atoms with Crippen molar-refractivity contribution in [1.29, 1.82) is 0 Å². The van der Waals surface area contributed by atoms with Crippen molar-refractivity contribution in [1.82, 2.24) is 39.9 Å². The number of aromatic amines is 2. The fraction of sp³-hybridized carbons (Fsp3) is 0. The fourth-order valence-electron chi connectivity index (χ4n) is 6.07. The van der Waals surface area contributed by atoms with E-state index < -0.39 is 0 Å². The molecule has 0 aliphatic carbocycles. The molecule has 0 radical (unpaired) electrons. The van der Waals surface area contributed by atoms with Crippen molar-refractivity contribution in [3.63, 3.8) is 0 Å². The number of nitrogen functional groups attached to an aromatic ring is 4. The monoisotopic (exact) mass is 574 g/mol. The molecule has 0 spiro atoms. The van der Waals surface area contributed by atoms with Crippen LogP contribution in [-0.2, 0) is 0 Å². The van der Waals surface area contributed by atoms with Gasteiger partial charge in [0.05, 0.1) is 21.7 Å². The van der Waals surface area contributed by atoms with Crippen LogP contribution in [0.3, 0.4) is 0 Å². The van der Waals surface area contributed by atoms with Gasteiger partial charge in [-0.25, -0.2) is 29.9 Å². The number of hydrogen-bond donors (Lipinski definition) is 6. The summed E-state index contributed by atoms with van der Waals surface area (Å²) in [5.41, 5.74) is 33.0. The maximum atomic E-state index is 6.51. The van der Waals surface area contributed by atoms with E-state index in [0.29, 0.717) is 85.0 Å². The third kappa shape index (κ3) is 3.27. The highest BCUT2D eigenvalue weighted by Crippen LogP contribution is 2.40. The number of benzene rings is 4. The Morgan fingerprint density at radius 2 is 0.864 bits per heavy atom. The van der Waals surface area contributed by atoms with Crippen LogP contribution in [0.25, 0.3) is 89.7 Å². The van der Waals surface area contributed by atoms with Gasteiger partial charge in [-0.1, -0.05) is 48.5 Å². The first kappa shape index (κ1) is 24.1. The Labute approximate surface area is 247 Å². The van der Waals surface area contributed by atoms with E-state index in [9.17, 15) is 0 Å². The zero-order valence-electron chi connectivity index (χ0n) is 22.9. The minimum Gasteiger partial charge on any atom is -0.398 e. The lowest BCUT2D eigenvalue weighted by Gasteiger charge is -2.02. The number of aromatic nitrogens is 8. The number of H-pyrrole nitrogens is 2. The van der Waals surface area contributed by atoms with E-state index in [1.165, 1.54) is 0 Å². The number of nitrogens with zero attached hydrogens (tertiary/aromatic N) is 6. The normalized spacial score (nSPS) is 12.0. The number of hydrogen-bond acceptors (Lipinski definition) is 10. The van der Waals surface area contributed by atoms with Crippen LogP contribution in [-0.4, -0.2) is 39.9 Å². The summed E-state index contributed by atoms with van der Waals surface area (Å²) < 4.78 is 0. The number of rotatable bonds is 0. The summed E-state index contributed by atoms with van der Waals surface area (Å²) in [5.74, 6) is 1.74. The summed E-state index contributed by atoms with van der Waals surface area (Å²) in [6.45, 7) is 0. The number of fused-ring (bicyclic) bond motifs is 20. The third-order valence-electron chi connectivity index (χ3n) is 8.07. The molecule has 0 amide bonds. The molecule has 0 atom stereocenters. The zero-order chi connectivity index (χ0) is 29.7. The molecule has 0 saturated heterocycles. The summed E-state index contributed by atoms with van der Waals surface area (Å²) in [4.78, 5) is 36.3. The van der Waals surface area contributed by atoms with Crippen LogP contribution in [0.5, 0.6) is 0 Å². The van der Waals surface area contributed by atoms with E-state index in [4.69, 9.17) is 52.8 Å². The van der Waals surface area contributed by atoms with Gasteiger partial charge < -0.3 is 32.9 Å². The first-order valence-corrected chi connectivity index (χ1v) is 13.8. The molecule has 12 heteroatoms. The van der Waals surface area contributed by atoms with Gasteiger partial charge >= 0.3 is 0 Å². The predicted octanol–water partition coefficient (Wildman–Crippen LogP) is 5.20. The number of nitrogens with two attached hydrogens (primary N) is 4. The summed E-state index contributed by atoms with van der Waals surface area (Å²) in [7, 11) is 0. The standard InChI is InChI=1S/C32H22N12/c33-17-9-3-7-15-21(17)29-38-25-13-5-1-2-6-14(13)26(37-25)39-31-23-19(35)11-12-20(36)24(23)32(44-31)43-28-16-8-4-10-18(34)22(16)30(42-28)41-27(15)40-29/h1-12H,33-36H2,(H2,37,38,39,40,41,42,43,44). The molecule has 4 aromatic carbocycles. The SMILES string of the molecule is Nc1cccc2c1-c1nc-2nc2[nH]c(nc3nc(nc4[nH]c(n1)c1cccc(N)c41)-c1ccccc1-3)c1c(N)ccc(N)c21. The van der Waals surface area contributed by atoms with E-state index in [1.54, 1.807) is 12.1 Å². The van der Waals surface area contributed by atoms with Crippen molar-refractivity contribution in [2.75, 3.05) is 22.9 Å². The summed E-state index contributed by atoms with van der Waals surface area (Å²) >= 11 is 0. The van der Waals surface area contributed by atoms with Crippen LogP contribution in [0.4, 0.5) is 22.7 Å². The van der Waals surface area contributed by atoms with Crippen LogP contribution >= 0.6 is 0 Å². The molecule has 8 bridgehead atoms. The first-order chi connectivity index (χ1) is 21.4. The Morgan fingerprint density at radius 3 is 1.55 bits per heavy atom. The number of anilines is 4. The highest BCUT2D eigenvalue weighted by molar-refractivity contribution is 6.16. The van der Waals surface area contributed by atoms with Crippen LogP contribution in [0.15, 0.2) is 72.8 Å². The molecule has 0 fully saturated rings. The van der Waals surface area contributed by atoms with Gasteiger partial charge in [-0.3, -0.25) is 0 Å². The van der Waals surface area contributed by atoms with Crippen molar-refractivity contribution in [3.8, 4) is 45.6 Å². The van der Waals surface area contributed by atoms with Gasteiger partial charge in [-0.05, 0) is 24.3 Å². The molecule has 210 valence electrons. The molecule has 0 saturated carbocycles. The second kappa shape index (κ2) is 8.49. The quantitative estimate of drug-likeness (QED) is 0.130. The highest BCUT2D eigenvalue weighted by atomic mass is 15.1. The summed E-state index contributed by atoms with van der Waals surface area (Å²) in [6, 6.07) is 22.5. The van der Waals surface area contributed by atoms with Gasteiger partial charge in [0.1, 0.15) is 22.6 Å². The van der Waals surface area contributed by atoms with E-state index in [-0.39, 0.29) is 0 Å². The minimum absolute atomic E-state index is 0.397. The Balaban J connectivity index is 1.54. The second-order valence-corrected chi connectivity index (χ2v) is 10.7. The first-order valence-electron chi connectivity index (χ1n) is 13.8. The summed E-state index contributed by atoms with van der Waals surface area (Å²) in [6.07, 6.45) is 0. The summed E-state index contributed by atoms with van der Waals surface area (Å²) in [5, 5.41) is 2.76. The smallest absolute Gasteiger partial charge is 0.166 e. The molecule has 2 aliphatic rings. The predicted molar refractivity (Wildman–Crippen MR) is 174 cm³/mol. The van der Waals surface area contributed by atoms with Crippen molar-refractivity contribution in [2.24, 2.45) is 0 Å². The van der Waals surface area contributed by atoms with Crippen LogP contribution < -0.4 is 22.9 Å². The minimum atomic E-state index is 0.397. The van der Waals surface area contributed by atoms with Crippen molar-refractivity contribution in [3.05, 3.63) is 72.8 Å². The van der Waals surface area contributed by atoms with Gasteiger partial charge in [-0.2, -0.15) is 0 Å². The average Bonchev–Trinajstić information content (AvgIpc) is 3.75. The van der Waals surface area contributed by atoms with Gasteiger partial charge in [0, 0.05) is 44.8 Å². The third-order valence-corrected chi connectivity index (χ3v) is 8.07. The largest absolute Gasteiger partial charge is 0.398 e. The maximum Gasteiger partial charge on any atom is 0.166 e. The van der Waals surface area contributed by atoms with E-state index in [1.807, 2.05) is 60.7 Å². The van der Waals surface area contributed by atoms with E-state index in [2.05, 4.69) is 9.97 Å². The van der Waals surface area contributed by atoms with Crippen LogP contribution in [0.2, 0.25) is 0 Å². The van der Waals surface area contributed by atoms with Crippen molar-refractivity contribution < 1.29 is 0 Å². The molecule has 2 aliphatic heterocycles. The van der Waals surface area contributed by atoms with E-state index >= 15 is 0 Å². The lowest BCUT2D eigenvalue weighted by atomic mass is 10.1. The van der Waals surface area contributed by atoms with Gasteiger partial charge in [0.25, 0.3) is 0 Å². The lowest BCUT2D eigenvalue weighted by molar-refractivity contribution is 1.19. The molecule has 7 aromatic rings. The molecule has 5 heterocycles. The van der Waals surface area contributed by atoms with Gasteiger partial charge in [0.2, 0.25) is 0 Å². The van der Waals surface area contributed by atoms with E-state index in [0.717, 1.165) is 27.5 Å². The number of nitrogens with one attached hydrogen (secondary N) is 2. The topological polar surface area (TPSA) is 213 Å². The molecule has 9 rings (SSSR count). The molecular formula is C32H22N12. The average molecular weight is 575 g/mol. The highest BCUT2D eigenvalue weighted by Gasteiger charge is 2.24. The Kier molecular flexibility index (Phi) is 4.64. The fourth-order valence-corrected chi connectivity index (χ4v) is 6.07. The molecule has 44 heavy (non-hydrogen) atoms. The Morgan fingerprint density at radius 1 is 0.386 bits per heavy atom. The lowest BCUT2D eigenvalue weighted by Crippen LogP contribution is -1.91. The second-order valence-electron chi connectivity index (χ2n) is 10.7. The van der Waals surface area contributed by atoms with Crippen LogP contribution in [0.1, 0.15) is 0 Å². The Hall–Kier alpha value is -6.56. The van der Waals surface area contributed by atoms with Gasteiger partial charge in [-0.15, -0.1) is 0 Å². The van der Waals surface area contributed by atoms with Crippen molar-refractivity contribution in [2.45, 2.75) is 0 Å². The molecule has 12 nitrogen and oxygen atoms in total. The van der Waals surface area contributed by atoms with Crippen molar-refractivity contribution >= 4 is 66.9 Å². The van der Waals surface area contributed by atoms with Crippen LogP contribution in [0, 0.1) is 0 Å². The molecule has 10 N–H and O–H groups in total. The Bertz CT molecular complexity index is 2560. The molecule has 0 unspecified atom stereocenters. The molecular weight excluding hydrogens is 552 g/mol. The van der Waals surface area contributed by atoms with Gasteiger partial charge in [0.15, 0.2) is 23.3 Å². The maximum absolute atomic E-state index is 6.51.